The van der Waals surface area contributed by atoms with Gasteiger partial charge in [0.1, 0.15) is 5.75 Å². The molecule has 1 atom stereocenters. The molecule has 2 aromatic rings. The average molecular weight is 393 g/mol. The zero-order valence-electron chi connectivity index (χ0n) is 15.2. The van der Waals surface area contributed by atoms with Gasteiger partial charge in [0, 0.05) is 38.2 Å². The van der Waals surface area contributed by atoms with Crippen molar-refractivity contribution in [1.82, 2.24) is 10.3 Å². The Balaban J connectivity index is 2.09. The monoisotopic (exact) mass is 393 g/mol. The summed E-state index contributed by atoms with van der Waals surface area (Å²) in [6.45, 7) is 0.455. The van der Waals surface area contributed by atoms with Gasteiger partial charge in [0.2, 0.25) is 11.8 Å². The van der Waals surface area contributed by atoms with E-state index in [1.807, 2.05) is 0 Å². The molecule has 0 aliphatic carbocycles. The molecule has 2 rings (SSSR count). The van der Waals surface area contributed by atoms with Crippen LogP contribution in [0, 0.1) is 0 Å². The van der Waals surface area contributed by atoms with Crippen LogP contribution in [0.1, 0.15) is 12.0 Å². The standard InChI is InChI=1S/C18H23N3O5S/c1-25-15(11-19)10-17(22)21-12-13-5-4-8-20-18(13)26-14-6-3-7-16(9-14)27(2,23)24/h3-9,15H,10-12,19H2,1-2H3,(H,21,22). The van der Waals surface area contributed by atoms with Crippen LogP contribution in [0.5, 0.6) is 11.6 Å². The predicted octanol–water partition coefficient (Wildman–Crippen LogP) is 1.26. The quantitative estimate of drug-likeness (QED) is 0.658. The van der Waals surface area contributed by atoms with Crippen molar-refractivity contribution in [3.8, 4) is 11.6 Å². The molecule has 0 fully saturated rings. The third-order valence-electron chi connectivity index (χ3n) is 3.78. The number of carbonyl (C=O) groups is 1. The van der Waals surface area contributed by atoms with Gasteiger partial charge in [0.15, 0.2) is 9.84 Å². The van der Waals surface area contributed by atoms with E-state index < -0.39 is 9.84 Å². The van der Waals surface area contributed by atoms with Gasteiger partial charge in [-0.05, 0) is 24.3 Å². The van der Waals surface area contributed by atoms with Crippen molar-refractivity contribution in [3.05, 3.63) is 48.2 Å². The summed E-state index contributed by atoms with van der Waals surface area (Å²) in [5.41, 5.74) is 6.16. The first-order chi connectivity index (χ1) is 12.8. The van der Waals surface area contributed by atoms with E-state index in [0.29, 0.717) is 11.3 Å². The number of methoxy groups -OCH3 is 1. The first kappa shape index (κ1) is 20.8. The van der Waals surface area contributed by atoms with Crippen molar-refractivity contribution in [3.63, 3.8) is 0 Å². The number of rotatable bonds is 9. The van der Waals surface area contributed by atoms with Gasteiger partial charge in [0.25, 0.3) is 0 Å². The fraction of sp³-hybridized carbons (Fsp3) is 0.333. The van der Waals surface area contributed by atoms with Crippen LogP contribution in [0.25, 0.3) is 0 Å². The Hall–Kier alpha value is -2.49. The number of nitrogens with two attached hydrogens (primary N) is 1. The molecule has 0 saturated carbocycles. The Kier molecular flexibility index (Phi) is 7.28. The first-order valence-corrected chi connectivity index (χ1v) is 10.1. The summed E-state index contributed by atoms with van der Waals surface area (Å²) in [6.07, 6.45) is 2.49. The van der Waals surface area contributed by atoms with Gasteiger partial charge in [-0.25, -0.2) is 13.4 Å². The summed E-state index contributed by atoms with van der Waals surface area (Å²) in [5.74, 6) is 0.415. The lowest BCUT2D eigenvalue weighted by atomic mass is 10.2. The molecule has 1 amide bonds. The lowest BCUT2D eigenvalue weighted by molar-refractivity contribution is -0.123. The van der Waals surface area contributed by atoms with E-state index in [9.17, 15) is 13.2 Å². The molecule has 1 aromatic heterocycles. The van der Waals surface area contributed by atoms with Gasteiger partial charge >= 0.3 is 0 Å². The van der Waals surface area contributed by atoms with Crippen LogP contribution >= 0.6 is 0 Å². The second-order valence-corrected chi connectivity index (χ2v) is 7.91. The molecule has 0 aliphatic rings. The Morgan fingerprint density at radius 3 is 2.74 bits per heavy atom. The van der Waals surface area contributed by atoms with Crippen LogP contribution in [-0.4, -0.2) is 45.3 Å². The second kappa shape index (κ2) is 9.45. The second-order valence-electron chi connectivity index (χ2n) is 5.89. The zero-order chi connectivity index (χ0) is 19.9. The number of carbonyl (C=O) groups excluding carboxylic acids is 1. The highest BCUT2D eigenvalue weighted by molar-refractivity contribution is 7.90. The first-order valence-electron chi connectivity index (χ1n) is 8.25. The number of aromatic nitrogens is 1. The zero-order valence-corrected chi connectivity index (χ0v) is 16.0. The van der Waals surface area contributed by atoms with Crippen LogP contribution in [-0.2, 0) is 25.9 Å². The lowest BCUT2D eigenvalue weighted by Gasteiger charge is -2.14. The predicted molar refractivity (Wildman–Crippen MR) is 100 cm³/mol. The molecule has 0 saturated heterocycles. The molecule has 0 bridgehead atoms. The SMILES string of the molecule is COC(CN)CC(=O)NCc1cccnc1Oc1cccc(S(C)(=O)=O)c1. The van der Waals surface area contributed by atoms with E-state index in [1.165, 1.54) is 19.2 Å². The average Bonchev–Trinajstić information content (AvgIpc) is 2.65. The molecule has 1 unspecified atom stereocenters. The van der Waals surface area contributed by atoms with Crippen molar-refractivity contribution < 1.29 is 22.7 Å². The lowest BCUT2D eigenvalue weighted by Crippen LogP contribution is -2.32. The van der Waals surface area contributed by atoms with Gasteiger partial charge in [-0.15, -0.1) is 0 Å². The Morgan fingerprint density at radius 1 is 1.30 bits per heavy atom. The third-order valence-corrected chi connectivity index (χ3v) is 4.89. The topological polar surface area (TPSA) is 121 Å². The van der Waals surface area contributed by atoms with Crippen molar-refractivity contribution in [2.75, 3.05) is 19.9 Å². The molecule has 146 valence electrons. The van der Waals surface area contributed by atoms with Crippen molar-refractivity contribution in [2.24, 2.45) is 5.73 Å². The molecular formula is C18H23N3O5S. The molecular weight excluding hydrogens is 370 g/mol. The molecule has 27 heavy (non-hydrogen) atoms. The molecule has 0 spiro atoms. The molecule has 8 nitrogen and oxygen atoms in total. The Bertz CT molecular complexity index is 882. The molecule has 3 N–H and O–H groups in total. The normalized spacial score (nSPS) is 12.4. The van der Waals surface area contributed by atoms with E-state index in [0.717, 1.165) is 6.26 Å². The van der Waals surface area contributed by atoms with E-state index in [2.05, 4.69) is 10.3 Å². The summed E-state index contributed by atoms with van der Waals surface area (Å²) in [7, 11) is -1.84. The maximum absolute atomic E-state index is 12.0. The minimum atomic E-state index is -3.35. The van der Waals surface area contributed by atoms with E-state index in [4.69, 9.17) is 15.2 Å². The van der Waals surface area contributed by atoms with Crippen LogP contribution in [0.4, 0.5) is 0 Å². The van der Waals surface area contributed by atoms with Crippen molar-refractivity contribution in [2.45, 2.75) is 24.0 Å². The number of amides is 1. The number of ether oxygens (including phenoxy) is 2. The number of benzene rings is 1. The smallest absolute Gasteiger partial charge is 0.224 e. The molecule has 1 heterocycles. The van der Waals surface area contributed by atoms with Gasteiger partial charge in [-0.1, -0.05) is 12.1 Å². The summed E-state index contributed by atoms with van der Waals surface area (Å²) in [4.78, 5) is 16.3. The van der Waals surface area contributed by atoms with Gasteiger partial charge in [0.05, 0.1) is 17.4 Å². The number of pyridine rings is 1. The minimum Gasteiger partial charge on any atom is -0.439 e. The number of hydrogen-bond acceptors (Lipinski definition) is 7. The Labute approximate surface area is 158 Å². The molecule has 0 radical (unpaired) electrons. The maximum Gasteiger partial charge on any atom is 0.224 e. The van der Waals surface area contributed by atoms with Crippen LogP contribution < -0.4 is 15.8 Å². The highest BCUT2D eigenvalue weighted by Gasteiger charge is 2.14. The number of nitrogens with one attached hydrogen (secondary N) is 1. The summed E-state index contributed by atoms with van der Waals surface area (Å²) in [6, 6.07) is 9.63. The number of sulfone groups is 1. The van der Waals surface area contributed by atoms with Crippen LogP contribution in [0.15, 0.2) is 47.5 Å². The fourth-order valence-corrected chi connectivity index (χ4v) is 2.92. The van der Waals surface area contributed by atoms with Crippen molar-refractivity contribution >= 4 is 15.7 Å². The van der Waals surface area contributed by atoms with Crippen LogP contribution in [0.3, 0.4) is 0 Å². The molecule has 0 aliphatic heterocycles. The van der Waals surface area contributed by atoms with Crippen molar-refractivity contribution in [1.29, 1.82) is 0 Å². The van der Waals surface area contributed by atoms with Gasteiger partial charge in [-0.3, -0.25) is 4.79 Å². The summed E-state index contributed by atoms with van der Waals surface area (Å²) in [5, 5.41) is 2.77. The van der Waals surface area contributed by atoms with E-state index in [1.54, 1.807) is 30.5 Å². The highest BCUT2D eigenvalue weighted by Crippen LogP contribution is 2.25. The van der Waals surface area contributed by atoms with Gasteiger partial charge in [-0.2, -0.15) is 0 Å². The largest absolute Gasteiger partial charge is 0.439 e. The van der Waals surface area contributed by atoms with E-state index in [-0.39, 0.29) is 42.3 Å². The fourth-order valence-electron chi connectivity index (χ4n) is 2.27. The number of nitrogens with zero attached hydrogens (tertiary/aromatic N) is 1. The Morgan fingerprint density at radius 2 is 2.07 bits per heavy atom. The summed E-state index contributed by atoms with van der Waals surface area (Å²) >= 11 is 0. The molecule has 1 aromatic carbocycles. The maximum atomic E-state index is 12.0. The highest BCUT2D eigenvalue weighted by atomic mass is 32.2. The third kappa shape index (κ3) is 6.31. The van der Waals surface area contributed by atoms with Gasteiger partial charge < -0.3 is 20.5 Å². The minimum absolute atomic E-state index is 0.151. The molecule has 9 heteroatoms. The van der Waals surface area contributed by atoms with E-state index >= 15 is 0 Å². The summed E-state index contributed by atoms with van der Waals surface area (Å²) < 4.78 is 34.2. The number of hydrogen-bond donors (Lipinski definition) is 2. The van der Waals surface area contributed by atoms with Crippen LogP contribution in [0.2, 0.25) is 0 Å².